The first-order valence-corrected chi connectivity index (χ1v) is 13.8. The van der Waals surface area contributed by atoms with E-state index in [1.807, 2.05) is 44.4 Å². The molecular formula is C29H30N6OS. The van der Waals surface area contributed by atoms with Crippen LogP contribution in [-0.4, -0.2) is 55.2 Å². The van der Waals surface area contributed by atoms with Crippen LogP contribution < -0.4 is 0 Å². The van der Waals surface area contributed by atoms with Gasteiger partial charge in [-0.15, -0.1) is 10.2 Å². The third-order valence-electron chi connectivity index (χ3n) is 7.09. The zero-order valence-electron chi connectivity index (χ0n) is 21.2. The third kappa shape index (κ3) is 5.04. The van der Waals surface area contributed by atoms with E-state index in [1.54, 1.807) is 11.8 Å². The first kappa shape index (κ1) is 23.9. The van der Waals surface area contributed by atoms with E-state index in [1.165, 1.54) is 11.1 Å². The van der Waals surface area contributed by atoms with Crippen LogP contribution in [0.15, 0.2) is 70.5 Å². The second-order valence-electron chi connectivity index (χ2n) is 9.60. The molecule has 7 nitrogen and oxygen atoms in total. The topological polar surface area (TPSA) is 72.9 Å². The fraction of sp³-hybridized carbons (Fsp3) is 0.310. The molecule has 6 rings (SSSR count). The van der Waals surface area contributed by atoms with E-state index >= 15 is 0 Å². The standard InChI is InChI=1S/C29H30N6OS/c1-20-18-26(33-36-20)24-9-8-21-11-15-35(16-12-23(21)19-24)14-5-17-37-29-32-31-28(34(29)2)27-25-7-4-3-6-22(25)10-13-30-27/h3-4,6-10,13,18-19H,5,11-12,14-17H2,1-2H3. The average molecular weight is 511 g/mol. The Kier molecular flexibility index (Phi) is 6.76. The Labute approximate surface area is 220 Å². The molecule has 4 heterocycles. The molecule has 0 atom stereocenters. The van der Waals surface area contributed by atoms with Gasteiger partial charge in [0.1, 0.15) is 17.1 Å². The van der Waals surface area contributed by atoms with Crippen molar-refractivity contribution in [3.05, 3.63) is 77.7 Å². The summed E-state index contributed by atoms with van der Waals surface area (Å²) in [5, 5.41) is 16.3. The molecule has 3 aromatic heterocycles. The number of thioether (sulfide) groups is 1. The van der Waals surface area contributed by atoms with E-state index < -0.39 is 0 Å². The second kappa shape index (κ2) is 10.5. The predicted molar refractivity (Wildman–Crippen MR) is 148 cm³/mol. The summed E-state index contributed by atoms with van der Waals surface area (Å²) >= 11 is 1.77. The Morgan fingerprint density at radius 2 is 1.84 bits per heavy atom. The number of nitrogens with zero attached hydrogens (tertiary/aromatic N) is 6. The van der Waals surface area contributed by atoms with Crippen LogP contribution in [0, 0.1) is 6.92 Å². The van der Waals surface area contributed by atoms with Crippen LogP contribution in [0.3, 0.4) is 0 Å². The molecule has 0 N–H and O–H groups in total. The van der Waals surface area contributed by atoms with Crippen LogP contribution in [0.4, 0.5) is 0 Å². The molecule has 0 aliphatic carbocycles. The number of aryl methyl sites for hydroxylation is 1. The van der Waals surface area contributed by atoms with E-state index in [0.717, 1.165) is 89.1 Å². The van der Waals surface area contributed by atoms with Gasteiger partial charge in [-0.05, 0) is 61.4 Å². The first-order valence-electron chi connectivity index (χ1n) is 12.8. The van der Waals surface area contributed by atoms with Crippen molar-refractivity contribution in [2.45, 2.75) is 31.3 Å². The van der Waals surface area contributed by atoms with E-state index in [-0.39, 0.29) is 0 Å². The van der Waals surface area contributed by atoms with Crippen molar-refractivity contribution in [1.29, 1.82) is 0 Å². The number of aromatic nitrogens is 5. The fourth-order valence-corrected chi connectivity index (χ4v) is 5.89. The number of rotatable bonds is 7. The molecule has 1 aliphatic heterocycles. The SMILES string of the molecule is Cc1cc(-c2ccc3c(c2)CCN(CCCSc2nnc(-c4nccc5ccccc45)n2C)CC3)no1. The van der Waals surface area contributed by atoms with E-state index in [2.05, 4.69) is 60.1 Å². The first-order chi connectivity index (χ1) is 18.2. The minimum atomic E-state index is 0.810. The van der Waals surface area contributed by atoms with Gasteiger partial charge >= 0.3 is 0 Å². The molecule has 188 valence electrons. The number of pyridine rings is 1. The fourth-order valence-electron chi connectivity index (χ4n) is 5.05. The Morgan fingerprint density at radius 1 is 0.973 bits per heavy atom. The van der Waals surface area contributed by atoms with Gasteiger partial charge in [-0.3, -0.25) is 4.98 Å². The number of fused-ring (bicyclic) bond motifs is 2. The quantitative estimate of drug-likeness (QED) is 0.209. The van der Waals surface area contributed by atoms with Gasteiger partial charge in [0, 0.05) is 49.1 Å². The number of benzene rings is 2. The molecule has 0 fully saturated rings. The Morgan fingerprint density at radius 3 is 2.70 bits per heavy atom. The normalized spacial score (nSPS) is 14.1. The van der Waals surface area contributed by atoms with Crippen LogP contribution in [0.2, 0.25) is 0 Å². The lowest BCUT2D eigenvalue weighted by molar-refractivity contribution is 0.289. The summed E-state index contributed by atoms with van der Waals surface area (Å²) in [6.45, 7) is 5.20. The van der Waals surface area contributed by atoms with Crippen molar-refractivity contribution in [3.63, 3.8) is 0 Å². The highest BCUT2D eigenvalue weighted by Crippen LogP contribution is 2.28. The Hall–Kier alpha value is -3.49. The second-order valence-corrected chi connectivity index (χ2v) is 10.7. The van der Waals surface area contributed by atoms with Crippen LogP contribution in [0.1, 0.15) is 23.3 Å². The maximum Gasteiger partial charge on any atom is 0.191 e. The summed E-state index contributed by atoms with van der Waals surface area (Å²) in [5.41, 5.74) is 5.83. The molecule has 0 saturated carbocycles. The smallest absolute Gasteiger partial charge is 0.191 e. The lowest BCUT2D eigenvalue weighted by Gasteiger charge is -2.19. The van der Waals surface area contributed by atoms with E-state index in [0.29, 0.717) is 0 Å². The lowest BCUT2D eigenvalue weighted by Crippen LogP contribution is -2.27. The van der Waals surface area contributed by atoms with Crippen molar-refractivity contribution < 1.29 is 4.52 Å². The van der Waals surface area contributed by atoms with Crippen LogP contribution in [-0.2, 0) is 19.9 Å². The largest absolute Gasteiger partial charge is 0.361 e. The predicted octanol–water partition coefficient (Wildman–Crippen LogP) is 5.58. The lowest BCUT2D eigenvalue weighted by atomic mass is 9.99. The summed E-state index contributed by atoms with van der Waals surface area (Å²) in [7, 11) is 2.03. The summed E-state index contributed by atoms with van der Waals surface area (Å²) in [5.74, 6) is 2.66. The molecule has 37 heavy (non-hydrogen) atoms. The minimum absolute atomic E-state index is 0.810. The van der Waals surface area contributed by atoms with Gasteiger partial charge in [0.25, 0.3) is 0 Å². The molecule has 1 aliphatic rings. The molecule has 0 bridgehead atoms. The highest BCUT2D eigenvalue weighted by molar-refractivity contribution is 7.99. The highest BCUT2D eigenvalue weighted by Gasteiger charge is 2.17. The van der Waals surface area contributed by atoms with Gasteiger partial charge < -0.3 is 14.0 Å². The van der Waals surface area contributed by atoms with Gasteiger partial charge in [-0.25, -0.2) is 0 Å². The van der Waals surface area contributed by atoms with Gasteiger partial charge in [0.05, 0.1) is 0 Å². The summed E-state index contributed by atoms with van der Waals surface area (Å²) in [4.78, 5) is 7.20. The van der Waals surface area contributed by atoms with Crippen LogP contribution >= 0.6 is 11.8 Å². The molecule has 0 saturated heterocycles. The zero-order valence-corrected chi connectivity index (χ0v) is 22.0. The zero-order chi connectivity index (χ0) is 25.2. The molecule has 0 unspecified atom stereocenters. The maximum atomic E-state index is 5.27. The molecule has 2 aromatic carbocycles. The van der Waals surface area contributed by atoms with Gasteiger partial charge in [-0.2, -0.15) is 0 Å². The number of hydrogen-bond donors (Lipinski definition) is 0. The average Bonchev–Trinajstić information content (AvgIpc) is 3.46. The highest BCUT2D eigenvalue weighted by atomic mass is 32.2. The van der Waals surface area contributed by atoms with E-state index in [9.17, 15) is 0 Å². The Bertz CT molecular complexity index is 1540. The Balaban J connectivity index is 1.04. The monoisotopic (exact) mass is 510 g/mol. The van der Waals surface area contributed by atoms with Gasteiger partial charge in [-0.1, -0.05) is 53.3 Å². The van der Waals surface area contributed by atoms with Crippen molar-refractivity contribution in [1.82, 2.24) is 29.8 Å². The van der Waals surface area contributed by atoms with Crippen molar-refractivity contribution in [2.75, 3.05) is 25.4 Å². The summed E-state index contributed by atoms with van der Waals surface area (Å²) < 4.78 is 7.33. The van der Waals surface area contributed by atoms with E-state index in [4.69, 9.17) is 4.52 Å². The van der Waals surface area contributed by atoms with Crippen molar-refractivity contribution in [3.8, 4) is 22.8 Å². The summed E-state index contributed by atoms with van der Waals surface area (Å²) in [6.07, 6.45) is 5.11. The minimum Gasteiger partial charge on any atom is -0.361 e. The molecule has 8 heteroatoms. The van der Waals surface area contributed by atoms with Crippen molar-refractivity contribution in [2.24, 2.45) is 7.05 Å². The molecule has 0 amide bonds. The number of hydrogen-bond acceptors (Lipinski definition) is 7. The van der Waals surface area contributed by atoms with Gasteiger partial charge in [0.2, 0.25) is 0 Å². The van der Waals surface area contributed by atoms with Crippen LogP contribution in [0.25, 0.3) is 33.5 Å². The molecule has 0 spiro atoms. The molecular weight excluding hydrogens is 480 g/mol. The van der Waals surface area contributed by atoms with Crippen molar-refractivity contribution >= 4 is 22.5 Å². The maximum absolute atomic E-state index is 5.27. The third-order valence-corrected chi connectivity index (χ3v) is 8.20. The van der Waals surface area contributed by atoms with Gasteiger partial charge in [0.15, 0.2) is 11.0 Å². The molecule has 5 aromatic rings. The van der Waals surface area contributed by atoms with Crippen LogP contribution in [0.5, 0.6) is 0 Å². The molecule has 0 radical (unpaired) electrons. The summed E-state index contributed by atoms with van der Waals surface area (Å²) in [6, 6.07) is 19.0.